The molecule has 0 saturated heterocycles. The van der Waals surface area contributed by atoms with Crippen molar-refractivity contribution in [3.05, 3.63) is 66.8 Å². The van der Waals surface area contributed by atoms with Gasteiger partial charge in [0.05, 0.1) is 22.5 Å². The van der Waals surface area contributed by atoms with E-state index in [0.717, 1.165) is 64.1 Å². The van der Waals surface area contributed by atoms with Gasteiger partial charge in [-0.25, -0.2) is 19.9 Å². The van der Waals surface area contributed by atoms with Crippen molar-refractivity contribution >= 4 is 16.5 Å². The molecule has 0 saturated carbocycles. The lowest BCUT2D eigenvalue weighted by molar-refractivity contribution is 0.230. The Hall–Kier alpha value is -3.65. The van der Waals surface area contributed by atoms with Crippen LogP contribution in [-0.4, -0.2) is 37.6 Å². The van der Waals surface area contributed by atoms with E-state index in [-0.39, 0.29) is 6.10 Å². The zero-order valence-corrected chi connectivity index (χ0v) is 20.8. The Kier molecular flexibility index (Phi) is 7.09. The van der Waals surface area contributed by atoms with E-state index in [1.165, 1.54) is 6.42 Å². The van der Waals surface area contributed by atoms with E-state index in [2.05, 4.69) is 58.4 Å². The third-order valence-corrected chi connectivity index (χ3v) is 6.75. The van der Waals surface area contributed by atoms with E-state index in [9.17, 15) is 0 Å². The first-order valence-electron chi connectivity index (χ1n) is 12.0. The number of rotatable bonds is 8. The molecular formula is C27H28N6OS. The molecule has 0 bridgehead atoms. The minimum absolute atomic E-state index is 0.143. The molecule has 1 aliphatic rings. The molecule has 8 heteroatoms. The summed E-state index contributed by atoms with van der Waals surface area (Å²) in [6.45, 7) is 5.11. The summed E-state index contributed by atoms with van der Waals surface area (Å²) in [5.74, 6) is 1.41. The number of anilines is 1. The van der Waals surface area contributed by atoms with Crippen molar-refractivity contribution < 1.29 is 4.74 Å². The largest absolute Gasteiger partial charge is 0.486 e. The third kappa shape index (κ3) is 5.54. The lowest BCUT2D eigenvalue weighted by Crippen LogP contribution is -2.15. The molecule has 0 spiro atoms. The topological polar surface area (TPSA) is 85.7 Å². The van der Waals surface area contributed by atoms with Crippen molar-refractivity contribution in [1.29, 1.82) is 0 Å². The van der Waals surface area contributed by atoms with Gasteiger partial charge in [-0.3, -0.25) is 4.98 Å². The fraction of sp³-hybridized carbons (Fsp3) is 0.296. The van der Waals surface area contributed by atoms with E-state index in [1.54, 1.807) is 29.9 Å². The number of benzene rings is 1. The number of aryl methyl sites for hydroxylation is 1. The molecule has 35 heavy (non-hydrogen) atoms. The highest BCUT2D eigenvalue weighted by molar-refractivity contribution is 7.18. The average Bonchev–Trinajstić information content (AvgIpc) is 3.38. The second-order valence-electron chi connectivity index (χ2n) is 8.50. The van der Waals surface area contributed by atoms with Crippen LogP contribution in [0.1, 0.15) is 38.2 Å². The summed E-state index contributed by atoms with van der Waals surface area (Å²) < 4.78 is 6.20. The predicted octanol–water partition coefficient (Wildman–Crippen LogP) is 6.34. The van der Waals surface area contributed by atoms with Crippen LogP contribution in [0.3, 0.4) is 0 Å². The number of nitrogens with zero attached hydrogens (tertiary/aromatic N) is 5. The monoisotopic (exact) mass is 484 g/mol. The van der Waals surface area contributed by atoms with Gasteiger partial charge in [0, 0.05) is 30.7 Å². The lowest BCUT2D eigenvalue weighted by Gasteiger charge is -2.19. The van der Waals surface area contributed by atoms with Gasteiger partial charge < -0.3 is 10.1 Å². The maximum Gasteiger partial charge on any atom is 0.183 e. The summed E-state index contributed by atoms with van der Waals surface area (Å²) >= 11 is 1.58. The molecule has 178 valence electrons. The molecule has 0 fully saturated rings. The van der Waals surface area contributed by atoms with E-state index < -0.39 is 0 Å². The number of nitrogens with one attached hydrogen (secondary N) is 1. The molecule has 3 aromatic heterocycles. The molecule has 1 N–H and O–H groups in total. The van der Waals surface area contributed by atoms with Crippen molar-refractivity contribution in [1.82, 2.24) is 24.9 Å². The first-order valence-corrected chi connectivity index (χ1v) is 12.8. The molecule has 4 aromatic rings. The van der Waals surface area contributed by atoms with Crippen LogP contribution in [0, 0.1) is 6.92 Å². The SMILES string of the molecule is CCCNc1ncc(-c2cc(-c3ccc(OC4C=CCCC4)cc3C)nc(-c3cnccn3)n2)s1. The predicted molar refractivity (Wildman–Crippen MR) is 141 cm³/mol. The lowest BCUT2D eigenvalue weighted by atomic mass is 10.0. The number of ether oxygens (including phenoxy) is 1. The van der Waals surface area contributed by atoms with Crippen LogP contribution in [-0.2, 0) is 0 Å². The first kappa shape index (κ1) is 23.1. The van der Waals surface area contributed by atoms with Crippen molar-refractivity contribution in [3.63, 3.8) is 0 Å². The highest BCUT2D eigenvalue weighted by Gasteiger charge is 2.16. The molecule has 0 aliphatic heterocycles. The highest BCUT2D eigenvalue weighted by Crippen LogP contribution is 2.33. The Bertz CT molecular complexity index is 1320. The maximum absolute atomic E-state index is 6.20. The van der Waals surface area contributed by atoms with Gasteiger partial charge in [-0.05, 0) is 68.5 Å². The summed E-state index contributed by atoms with van der Waals surface area (Å²) in [5, 5.41) is 4.24. The number of allylic oxidation sites excluding steroid dienone is 1. The molecule has 0 amide bonds. The minimum Gasteiger partial charge on any atom is -0.486 e. The van der Waals surface area contributed by atoms with Crippen LogP contribution in [0.4, 0.5) is 5.13 Å². The van der Waals surface area contributed by atoms with Crippen LogP contribution < -0.4 is 10.1 Å². The van der Waals surface area contributed by atoms with E-state index in [1.807, 2.05) is 18.3 Å². The fourth-order valence-electron chi connectivity index (χ4n) is 4.00. The maximum atomic E-state index is 6.20. The molecule has 1 unspecified atom stereocenters. The van der Waals surface area contributed by atoms with E-state index in [0.29, 0.717) is 11.5 Å². The van der Waals surface area contributed by atoms with Gasteiger partial charge in [0.1, 0.15) is 17.5 Å². The summed E-state index contributed by atoms with van der Waals surface area (Å²) in [6, 6.07) is 8.20. The average molecular weight is 485 g/mol. The van der Waals surface area contributed by atoms with Gasteiger partial charge in [-0.1, -0.05) is 24.3 Å². The fourth-order valence-corrected chi connectivity index (χ4v) is 4.80. The Morgan fingerprint density at radius 2 is 1.97 bits per heavy atom. The van der Waals surface area contributed by atoms with Crippen LogP contribution >= 0.6 is 11.3 Å². The van der Waals surface area contributed by atoms with E-state index in [4.69, 9.17) is 14.7 Å². The second-order valence-corrected chi connectivity index (χ2v) is 9.53. The van der Waals surface area contributed by atoms with Crippen molar-refractivity contribution in [2.75, 3.05) is 11.9 Å². The number of aromatic nitrogens is 5. The van der Waals surface area contributed by atoms with Crippen LogP contribution in [0.25, 0.3) is 33.3 Å². The summed E-state index contributed by atoms with van der Waals surface area (Å²) in [5.41, 5.74) is 4.38. The highest BCUT2D eigenvalue weighted by atomic mass is 32.1. The molecule has 0 radical (unpaired) electrons. The molecule has 1 aromatic carbocycles. The van der Waals surface area contributed by atoms with E-state index >= 15 is 0 Å². The third-order valence-electron chi connectivity index (χ3n) is 5.77. The standard InChI is InChI=1S/C27H28N6OS/c1-3-11-30-27-31-17-25(35-27)23-15-22(32-26(33-23)24-16-28-12-13-29-24)21-10-9-20(14-18(21)2)34-19-7-5-4-6-8-19/h5,7,9-10,12-17,19H,3-4,6,8,11H2,1-2H3,(H,30,31). The Morgan fingerprint density at radius 3 is 2.74 bits per heavy atom. The summed E-state index contributed by atoms with van der Waals surface area (Å²) in [7, 11) is 0. The van der Waals surface area contributed by atoms with Crippen LogP contribution in [0.15, 0.2) is 61.2 Å². The van der Waals surface area contributed by atoms with Crippen molar-refractivity contribution in [3.8, 4) is 39.1 Å². The van der Waals surface area contributed by atoms with Crippen molar-refractivity contribution in [2.45, 2.75) is 45.6 Å². The zero-order chi connectivity index (χ0) is 24.0. The Morgan fingerprint density at radius 1 is 1.06 bits per heavy atom. The second kappa shape index (κ2) is 10.7. The van der Waals surface area contributed by atoms with Crippen LogP contribution in [0.2, 0.25) is 0 Å². The Balaban J connectivity index is 1.51. The number of hydrogen-bond donors (Lipinski definition) is 1. The minimum atomic E-state index is 0.143. The zero-order valence-electron chi connectivity index (χ0n) is 19.9. The smallest absolute Gasteiger partial charge is 0.183 e. The van der Waals surface area contributed by atoms with Gasteiger partial charge in [0.2, 0.25) is 0 Å². The molecule has 7 nitrogen and oxygen atoms in total. The van der Waals surface area contributed by atoms with Gasteiger partial charge in [-0.2, -0.15) is 0 Å². The van der Waals surface area contributed by atoms with Crippen LogP contribution in [0.5, 0.6) is 5.75 Å². The Labute approximate surface area is 209 Å². The first-order chi connectivity index (χ1) is 17.2. The summed E-state index contributed by atoms with van der Waals surface area (Å²) in [6.07, 6.45) is 15.8. The number of thiazole rings is 1. The molecular weight excluding hydrogens is 456 g/mol. The van der Waals surface area contributed by atoms with Crippen molar-refractivity contribution in [2.24, 2.45) is 0 Å². The number of hydrogen-bond acceptors (Lipinski definition) is 8. The molecule has 1 aliphatic carbocycles. The quantitative estimate of drug-likeness (QED) is 0.292. The van der Waals surface area contributed by atoms with Gasteiger partial charge in [0.25, 0.3) is 0 Å². The van der Waals surface area contributed by atoms with Gasteiger partial charge in [-0.15, -0.1) is 0 Å². The molecule has 1 atom stereocenters. The van der Waals surface area contributed by atoms with Gasteiger partial charge in [0.15, 0.2) is 11.0 Å². The summed E-state index contributed by atoms with van der Waals surface area (Å²) in [4.78, 5) is 23.8. The van der Waals surface area contributed by atoms with Gasteiger partial charge >= 0.3 is 0 Å². The molecule has 5 rings (SSSR count). The molecule has 3 heterocycles. The normalized spacial score (nSPS) is 15.2.